The fourth-order valence-electron chi connectivity index (χ4n) is 2.19. The van der Waals surface area contributed by atoms with E-state index in [4.69, 9.17) is 9.47 Å². The summed E-state index contributed by atoms with van der Waals surface area (Å²) >= 11 is 1.50. The van der Waals surface area contributed by atoms with Crippen molar-refractivity contribution >= 4 is 39.3 Å². The molecule has 1 atom stereocenters. The van der Waals surface area contributed by atoms with Gasteiger partial charge in [-0.05, 0) is 43.6 Å². The Morgan fingerprint density at radius 2 is 2.24 bits per heavy atom. The lowest BCUT2D eigenvalue weighted by Gasteiger charge is -2.20. The summed E-state index contributed by atoms with van der Waals surface area (Å²) < 4.78 is 37.7. The van der Waals surface area contributed by atoms with E-state index in [-0.39, 0.29) is 29.7 Å². The highest BCUT2D eigenvalue weighted by Gasteiger charge is 2.28. The second-order valence-corrected chi connectivity index (χ2v) is 7.90. The third-order valence-corrected chi connectivity index (χ3v) is 5.49. The quantitative estimate of drug-likeness (QED) is 0.639. The van der Waals surface area contributed by atoms with Crippen LogP contribution in [-0.2, 0) is 24.3 Å². The number of hydrogen-bond acceptors (Lipinski definition) is 7. The Morgan fingerprint density at radius 3 is 2.92 bits per heavy atom. The van der Waals surface area contributed by atoms with Gasteiger partial charge in [0.25, 0.3) is 5.91 Å². The Bertz CT molecular complexity index is 750. The summed E-state index contributed by atoms with van der Waals surface area (Å²) in [6.07, 6.45) is 2.17. The molecule has 1 aromatic rings. The smallest absolute Gasteiger partial charge is 0.324 e. The van der Waals surface area contributed by atoms with E-state index in [1.807, 2.05) is 6.26 Å². The average molecular weight is 388 g/mol. The Kier molecular flexibility index (Phi) is 6.68. The third-order valence-electron chi connectivity index (χ3n) is 3.37. The van der Waals surface area contributed by atoms with Gasteiger partial charge in [-0.1, -0.05) is 0 Å². The van der Waals surface area contributed by atoms with E-state index >= 15 is 0 Å². The van der Waals surface area contributed by atoms with Crippen LogP contribution < -0.4 is 14.8 Å². The van der Waals surface area contributed by atoms with Crippen molar-refractivity contribution in [1.82, 2.24) is 4.72 Å². The molecule has 0 aromatic heterocycles. The lowest BCUT2D eigenvalue weighted by Crippen LogP contribution is -2.42. The van der Waals surface area contributed by atoms with Crippen LogP contribution in [0.25, 0.3) is 0 Å². The van der Waals surface area contributed by atoms with Crippen molar-refractivity contribution < 1.29 is 27.5 Å². The number of nitrogens with one attached hydrogen (secondary N) is 2. The molecule has 1 unspecified atom stereocenters. The van der Waals surface area contributed by atoms with E-state index in [0.29, 0.717) is 17.9 Å². The van der Waals surface area contributed by atoms with Gasteiger partial charge in [0.05, 0.1) is 17.2 Å². The van der Waals surface area contributed by atoms with Crippen molar-refractivity contribution in [2.24, 2.45) is 0 Å². The van der Waals surface area contributed by atoms with Crippen LogP contribution in [0.3, 0.4) is 0 Å². The normalized spacial score (nSPS) is 14.9. The number of fused-ring (bicyclic) bond motifs is 1. The van der Waals surface area contributed by atoms with Crippen molar-refractivity contribution in [2.45, 2.75) is 24.3 Å². The van der Waals surface area contributed by atoms with Gasteiger partial charge >= 0.3 is 5.97 Å². The molecule has 0 aliphatic carbocycles. The summed E-state index contributed by atoms with van der Waals surface area (Å²) in [6.45, 7) is 1.71. The standard InChI is InChI=1S/C15H20N2O6S2/c1-3-22-15(19)11(6-7-24-2)17-25(20,21)10-4-5-13-12(8-10)16-14(18)9-23-13/h4-5,8,11,17H,3,6-7,9H2,1-2H3,(H,16,18). The third kappa shape index (κ3) is 5.10. The monoisotopic (exact) mass is 388 g/mol. The Balaban J connectivity index is 2.22. The van der Waals surface area contributed by atoms with Crippen LogP contribution in [0.5, 0.6) is 5.75 Å². The average Bonchev–Trinajstić information content (AvgIpc) is 2.58. The highest BCUT2D eigenvalue weighted by Crippen LogP contribution is 2.30. The number of anilines is 1. The summed E-state index contributed by atoms with van der Waals surface area (Å²) in [5, 5.41) is 2.55. The molecule has 2 rings (SSSR count). The van der Waals surface area contributed by atoms with E-state index in [0.717, 1.165) is 0 Å². The Hall–Kier alpha value is -1.78. The molecule has 1 amide bonds. The van der Waals surface area contributed by atoms with Crippen LogP contribution in [0.4, 0.5) is 5.69 Å². The molecule has 1 aromatic carbocycles. The zero-order valence-corrected chi connectivity index (χ0v) is 15.5. The van der Waals surface area contributed by atoms with Crippen LogP contribution in [0.1, 0.15) is 13.3 Å². The molecule has 138 valence electrons. The summed E-state index contributed by atoms with van der Waals surface area (Å²) in [5.74, 6) is 0.0112. The molecule has 1 aliphatic heterocycles. The van der Waals surface area contributed by atoms with E-state index in [2.05, 4.69) is 10.0 Å². The SMILES string of the molecule is CCOC(=O)C(CCSC)NS(=O)(=O)c1ccc2c(c1)NC(=O)CO2. The number of ether oxygens (including phenoxy) is 2. The lowest BCUT2D eigenvalue weighted by atomic mass is 10.2. The second kappa shape index (κ2) is 8.54. The van der Waals surface area contributed by atoms with Gasteiger partial charge < -0.3 is 14.8 Å². The van der Waals surface area contributed by atoms with Crippen LogP contribution in [0.15, 0.2) is 23.1 Å². The second-order valence-electron chi connectivity index (χ2n) is 5.20. The van der Waals surface area contributed by atoms with Crippen molar-refractivity contribution in [3.63, 3.8) is 0 Å². The van der Waals surface area contributed by atoms with Crippen molar-refractivity contribution in [3.05, 3.63) is 18.2 Å². The molecule has 0 saturated carbocycles. The highest BCUT2D eigenvalue weighted by molar-refractivity contribution is 7.98. The minimum absolute atomic E-state index is 0.0736. The first-order valence-electron chi connectivity index (χ1n) is 7.62. The van der Waals surface area contributed by atoms with E-state index in [1.54, 1.807) is 6.92 Å². The van der Waals surface area contributed by atoms with E-state index in [9.17, 15) is 18.0 Å². The predicted octanol–water partition coefficient (Wildman–Crippen LogP) is 0.981. The topological polar surface area (TPSA) is 111 Å². The first kappa shape index (κ1) is 19.5. The maximum absolute atomic E-state index is 12.6. The van der Waals surface area contributed by atoms with Gasteiger partial charge in [0, 0.05) is 0 Å². The maximum Gasteiger partial charge on any atom is 0.324 e. The number of hydrogen-bond donors (Lipinski definition) is 2. The molecule has 1 heterocycles. The number of amides is 1. The maximum atomic E-state index is 12.6. The zero-order chi connectivity index (χ0) is 18.4. The molecule has 8 nitrogen and oxygen atoms in total. The first-order valence-corrected chi connectivity index (χ1v) is 10.5. The molecule has 2 N–H and O–H groups in total. The number of carbonyl (C=O) groups is 2. The van der Waals surface area contributed by atoms with Crippen molar-refractivity contribution in [3.8, 4) is 5.75 Å². The van der Waals surface area contributed by atoms with Gasteiger partial charge in [0.15, 0.2) is 6.61 Å². The highest BCUT2D eigenvalue weighted by atomic mass is 32.2. The summed E-state index contributed by atoms with van der Waals surface area (Å²) in [6, 6.07) is 3.14. The Morgan fingerprint density at radius 1 is 1.48 bits per heavy atom. The van der Waals surface area contributed by atoms with Gasteiger partial charge in [-0.25, -0.2) is 8.42 Å². The summed E-state index contributed by atoms with van der Waals surface area (Å²) in [7, 11) is -3.97. The number of sulfonamides is 1. The minimum Gasteiger partial charge on any atom is -0.482 e. The number of benzene rings is 1. The molecule has 25 heavy (non-hydrogen) atoms. The molecule has 0 saturated heterocycles. The first-order chi connectivity index (χ1) is 11.9. The Labute approximate surface area is 150 Å². The van der Waals surface area contributed by atoms with Gasteiger partial charge in [0.1, 0.15) is 11.8 Å². The van der Waals surface area contributed by atoms with Crippen molar-refractivity contribution in [2.75, 3.05) is 30.5 Å². The number of rotatable bonds is 8. The summed E-state index contributed by atoms with van der Waals surface area (Å²) in [5.41, 5.74) is 0.274. The van der Waals surface area contributed by atoms with Gasteiger partial charge in [-0.3, -0.25) is 9.59 Å². The molecule has 0 radical (unpaired) electrons. The van der Waals surface area contributed by atoms with Crippen LogP contribution in [0, 0.1) is 0 Å². The fourth-order valence-corrected chi connectivity index (χ4v) is 3.90. The number of esters is 1. The molecule has 0 bridgehead atoms. The molecule has 0 fully saturated rings. The molecular weight excluding hydrogens is 368 g/mol. The molecule has 1 aliphatic rings. The fraction of sp³-hybridized carbons (Fsp3) is 0.467. The molecule has 10 heteroatoms. The van der Waals surface area contributed by atoms with Gasteiger partial charge in [-0.2, -0.15) is 16.5 Å². The van der Waals surface area contributed by atoms with Crippen LogP contribution >= 0.6 is 11.8 Å². The van der Waals surface area contributed by atoms with E-state index < -0.39 is 22.0 Å². The van der Waals surface area contributed by atoms with E-state index in [1.165, 1.54) is 30.0 Å². The largest absolute Gasteiger partial charge is 0.482 e. The van der Waals surface area contributed by atoms with Gasteiger partial charge in [0.2, 0.25) is 10.0 Å². The lowest BCUT2D eigenvalue weighted by molar-refractivity contribution is -0.145. The van der Waals surface area contributed by atoms with Crippen LogP contribution in [-0.4, -0.2) is 51.6 Å². The van der Waals surface area contributed by atoms with Gasteiger partial charge in [-0.15, -0.1) is 0 Å². The van der Waals surface area contributed by atoms with Crippen LogP contribution in [0.2, 0.25) is 0 Å². The number of carbonyl (C=O) groups excluding carboxylic acids is 2. The molecular formula is C15H20N2O6S2. The predicted molar refractivity (Wildman–Crippen MR) is 94.3 cm³/mol. The zero-order valence-electron chi connectivity index (χ0n) is 13.9. The van der Waals surface area contributed by atoms with Crippen molar-refractivity contribution in [1.29, 1.82) is 0 Å². The summed E-state index contributed by atoms with van der Waals surface area (Å²) in [4.78, 5) is 23.3. The molecule has 0 spiro atoms. The minimum atomic E-state index is -3.97. The number of thioether (sulfide) groups is 1.